The minimum Gasteiger partial charge on any atom is -0.364 e. The molecule has 2 unspecified atom stereocenters. The van der Waals surface area contributed by atoms with E-state index in [4.69, 9.17) is 4.98 Å². The maximum Gasteiger partial charge on any atom is 0.255 e. The standard InChI is InChI=1S/C24H28N6O/c1-16(17-7-5-4-6-8-17)26-22-11-18(9-10-25-22)21-13-23(31)29(3)24(27-21)30-15-19-12-20(30)14-28(19)2/h4-11,13,16,19-20H,12,14-15H2,1-3H3,(H,25,26)/t16-,19?,20?/m0/s1. The van der Waals surface area contributed by atoms with Gasteiger partial charge in [-0.15, -0.1) is 0 Å². The second-order valence-electron chi connectivity index (χ2n) is 8.68. The first-order valence-electron chi connectivity index (χ1n) is 10.8. The number of piperazine rings is 1. The van der Waals surface area contributed by atoms with Crippen molar-refractivity contribution in [2.75, 3.05) is 30.4 Å². The summed E-state index contributed by atoms with van der Waals surface area (Å²) in [5.41, 5.74) is 2.73. The first-order chi connectivity index (χ1) is 15.0. The van der Waals surface area contributed by atoms with Crippen molar-refractivity contribution in [3.63, 3.8) is 0 Å². The number of rotatable bonds is 5. The zero-order valence-corrected chi connectivity index (χ0v) is 18.2. The normalized spacial score (nSPS) is 21.5. The van der Waals surface area contributed by atoms with E-state index in [2.05, 4.69) is 46.2 Å². The third kappa shape index (κ3) is 3.70. The fourth-order valence-corrected chi connectivity index (χ4v) is 4.76. The van der Waals surface area contributed by atoms with Gasteiger partial charge in [-0.25, -0.2) is 9.97 Å². The van der Waals surface area contributed by atoms with Crippen molar-refractivity contribution < 1.29 is 0 Å². The highest BCUT2D eigenvalue weighted by atomic mass is 16.1. The second kappa shape index (κ2) is 7.81. The van der Waals surface area contributed by atoms with Gasteiger partial charge in [0.25, 0.3) is 5.56 Å². The third-order valence-electron chi connectivity index (χ3n) is 6.60. The van der Waals surface area contributed by atoms with Gasteiger partial charge in [-0.05, 0) is 38.1 Å². The largest absolute Gasteiger partial charge is 0.364 e. The molecule has 2 bridgehead atoms. The lowest BCUT2D eigenvalue weighted by atomic mass is 10.1. The molecule has 160 valence electrons. The van der Waals surface area contributed by atoms with E-state index in [1.165, 1.54) is 5.56 Å². The van der Waals surface area contributed by atoms with Crippen LogP contribution >= 0.6 is 0 Å². The Balaban J connectivity index is 1.44. The molecule has 2 fully saturated rings. The minimum atomic E-state index is -0.0416. The van der Waals surface area contributed by atoms with Gasteiger partial charge < -0.3 is 10.2 Å². The van der Waals surface area contributed by atoms with Gasteiger partial charge in [0.05, 0.1) is 5.69 Å². The second-order valence-corrected chi connectivity index (χ2v) is 8.68. The molecule has 2 aliphatic rings. The Morgan fingerprint density at radius 1 is 1.06 bits per heavy atom. The molecule has 0 radical (unpaired) electrons. The van der Waals surface area contributed by atoms with Gasteiger partial charge in [0.15, 0.2) is 0 Å². The monoisotopic (exact) mass is 416 g/mol. The SMILES string of the molecule is C[C@H](Nc1cc(-c2cc(=O)n(C)c(N3CC4CC3CN4C)n2)ccn1)c1ccccc1. The van der Waals surface area contributed by atoms with Crippen molar-refractivity contribution >= 4 is 11.8 Å². The number of nitrogens with one attached hydrogen (secondary N) is 1. The molecule has 5 rings (SSSR count). The van der Waals surface area contributed by atoms with E-state index in [1.54, 1.807) is 16.8 Å². The Kier molecular flexibility index (Phi) is 4.98. The average Bonchev–Trinajstić information content (AvgIpc) is 3.36. The van der Waals surface area contributed by atoms with E-state index < -0.39 is 0 Å². The van der Waals surface area contributed by atoms with Crippen LogP contribution in [0.4, 0.5) is 11.8 Å². The molecular formula is C24H28N6O. The molecule has 7 nitrogen and oxygen atoms in total. The molecule has 31 heavy (non-hydrogen) atoms. The summed E-state index contributed by atoms with van der Waals surface area (Å²) in [6.07, 6.45) is 2.90. The molecule has 4 heterocycles. The quantitative estimate of drug-likeness (QED) is 0.690. The van der Waals surface area contributed by atoms with Crippen molar-refractivity contribution in [1.82, 2.24) is 19.4 Å². The van der Waals surface area contributed by atoms with Gasteiger partial charge in [0.1, 0.15) is 5.82 Å². The predicted octanol–water partition coefficient (Wildman–Crippen LogP) is 2.91. The molecule has 3 aromatic rings. The van der Waals surface area contributed by atoms with Crippen LogP contribution in [0.5, 0.6) is 0 Å². The molecule has 0 amide bonds. The number of anilines is 2. The summed E-state index contributed by atoms with van der Waals surface area (Å²) in [6.45, 7) is 4.05. The van der Waals surface area contributed by atoms with Gasteiger partial charge in [0, 0.05) is 56.1 Å². The predicted molar refractivity (Wildman–Crippen MR) is 123 cm³/mol. The van der Waals surface area contributed by atoms with E-state index in [-0.39, 0.29) is 11.6 Å². The first kappa shape index (κ1) is 19.8. The highest BCUT2D eigenvalue weighted by Gasteiger charge is 2.42. The highest BCUT2D eigenvalue weighted by Crippen LogP contribution is 2.33. The Labute approximate surface area is 182 Å². The number of hydrogen-bond acceptors (Lipinski definition) is 6. The van der Waals surface area contributed by atoms with Crippen molar-refractivity contribution in [3.8, 4) is 11.3 Å². The van der Waals surface area contributed by atoms with E-state index in [9.17, 15) is 4.79 Å². The lowest BCUT2D eigenvalue weighted by molar-refractivity contribution is 0.290. The maximum atomic E-state index is 12.8. The van der Waals surface area contributed by atoms with Crippen molar-refractivity contribution in [1.29, 1.82) is 0 Å². The first-order valence-corrected chi connectivity index (χ1v) is 10.8. The van der Waals surface area contributed by atoms with Crippen LogP contribution in [0.25, 0.3) is 11.3 Å². The number of likely N-dealkylation sites (N-methyl/N-ethyl adjacent to an activating group) is 1. The summed E-state index contributed by atoms with van der Waals surface area (Å²) in [5, 5.41) is 3.45. The van der Waals surface area contributed by atoms with Crippen LogP contribution in [0.3, 0.4) is 0 Å². The molecule has 3 atom stereocenters. The topological polar surface area (TPSA) is 66.3 Å². The molecule has 2 saturated heterocycles. The van der Waals surface area contributed by atoms with Crippen LogP contribution in [0.15, 0.2) is 59.5 Å². The number of likely N-dealkylation sites (tertiary alicyclic amines) is 1. The highest BCUT2D eigenvalue weighted by molar-refractivity contribution is 5.64. The van der Waals surface area contributed by atoms with Crippen molar-refractivity contribution in [2.45, 2.75) is 31.5 Å². The smallest absolute Gasteiger partial charge is 0.255 e. The molecule has 0 aliphatic carbocycles. The maximum absolute atomic E-state index is 12.8. The van der Waals surface area contributed by atoms with Gasteiger partial charge >= 0.3 is 0 Å². The van der Waals surface area contributed by atoms with Gasteiger partial charge in [0.2, 0.25) is 5.95 Å². The van der Waals surface area contributed by atoms with Crippen LogP contribution < -0.4 is 15.8 Å². The summed E-state index contributed by atoms with van der Waals surface area (Å²) < 4.78 is 1.67. The van der Waals surface area contributed by atoms with Gasteiger partial charge in [-0.1, -0.05) is 30.3 Å². The fourth-order valence-electron chi connectivity index (χ4n) is 4.76. The van der Waals surface area contributed by atoms with E-state index in [1.807, 2.05) is 37.4 Å². The van der Waals surface area contributed by atoms with Crippen LogP contribution in [0.2, 0.25) is 0 Å². The number of benzene rings is 1. The van der Waals surface area contributed by atoms with E-state index in [0.29, 0.717) is 17.8 Å². The summed E-state index contributed by atoms with van der Waals surface area (Å²) in [4.78, 5) is 26.9. The lowest BCUT2D eigenvalue weighted by Gasteiger charge is -2.33. The van der Waals surface area contributed by atoms with Crippen LogP contribution in [0.1, 0.15) is 24.9 Å². The fraction of sp³-hybridized carbons (Fsp3) is 0.375. The van der Waals surface area contributed by atoms with Crippen molar-refractivity contribution in [2.24, 2.45) is 7.05 Å². The summed E-state index contributed by atoms with van der Waals surface area (Å²) >= 11 is 0. The van der Waals surface area contributed by atoms with E-state index in [0.717, 1.165) is 36.8 Å². The van der Waals surface area contributed by atoms with E-state index >= 15 is 0 Å². The van der Waals surface area contributed by atoms with Crippen molar-refractivity contribution in [3.05, 3.63) is 70.6 Å². The number of nitrogens with zero attached hydrogens (tertiary/aromatic N) is 5. The third-order valence-corrected chi connectivity index (χ3v) is 6.60. The molecular weight excluding hydrogens is 388 g/mol. The number of hydrogen-bond donors (Lipinski definition) is 1. The summed E-state index contributed by atoms with van der Waals surface area (Å²) in [7, 11) is 3.98. The number of aromatic nitrogens is 3. The molecule has 1 aromatic carbocycles. The molecule has 2 aromatic heterocycles. The Hall–Kier alpha value is -3.19. The molecule has 2 aliphatic heterocycles. The van der Waals surface area contributed by atoms with Crippen LogP contribution in [-0.2, 0) is 7.05 Å². The number of pyridine rings is 1. The molecule has 7 heteroatoms. The Bertz CT molecular complexity index is 1140. The lowest BCUT2D eigenvalue weighted by Crippen LogP contribution is -2.46. The van der Waals surface area contributed by atoms with Crippen LogP contribution in [-0.4, -0.2) is 51.7 Å². The average molecular weight is 417 g/mol. The molecule has 1 N–H and O–H groups in total. The zero-order chi connectivity index (χ0) is 21.5. The van der Waals surface area contributed by atoms with Crippen LogP contribution in [0, 0.1) is 0 Å². The Morgan fingerprint density at radius 3 is 2.58 bits per heavy atom. The van der Waals surface area contributed by atoms with Gasteiger partial charge in [-0.3, -0.25) is 14.3 Å². The summed E-state index contributed by atoms with van der Waals surface area (Å²) in [5.74, 6) is 1.52. The molecule has 0 saturated carbocycles. The minimum absolute atomic E-state index is 0.0416. The molecule has 0 spiro atoms. The van der Waals surface area contributed by atoms with Gasteiger partial charge in [-0.2, -0.15) is 0 Å². The summed E-state index contributed by atoms with van der Waals surface area (Å²) in [6, 6.07) is 16.8. The Morgan fingerprint density at radius 2 is 1.87 bits per heavy atom. The zero-order valence-electron chi connectivity index (χ0n) is 18.2. The number of fused-ring (bicyclic) bond motifs is 2.